The van der Waals surface area contributed by atoms with Gasteiger partial charge in [0.15, 0.2) is 0 Å². The third-order valence-electron chi connectivity index (χ3n) is 2.21. The number of nitrogens with one attached hydrogen (secondary N) is 1. The van der Waals surface area contributed by atoms with Gasteiger partial charge in [-0.2, -0.15) is 0 Å². The van der Waals surface area contributed by atoms with E-state index in [9.17, 15) is 0 Å². The molecule has 0 radical (unpaired) electrons. The molecule has 0 aliphatic rings. The van der Waals surface area contributed by atoms with Crippen molar-refractivity contribution in [3.63, 3.8) is 0 Å². The largest absolute Gasteiger partial charge is 0.460 e. The van der Waals surface area contributed by atoms with Crippen LogP contribution in [0.25, 0.3) is 11.3 Å². The van der Waals surface area contributed by atoms with Gasteiger partial charge in [-0.1, -0.05) is 23.2 Å². The van der Waals surface area contributed by atoms with Crippen LogP contribution in [0.2, 0.25) is 10.0 Å². The summed E-state index contributed by atoms with van der Waals surface area (Å²) in [6.45, 7) is 0.700. The summed E-state index contributed by atoms with van der Waals surface area (Å²) in [5.74, 6) is 1.63. The van der Waals surface area contributed by atoms with Gasteiger partial charge in [-0.05, 0) is 37.4 Å². The molecule has 0 spiro atoms. The number of furan rings is 1. The Kier molecular flexibility index (Phi) is 5.34. The van der Waals surface area contributed by atoms with Gasteiger partial charge in [0, 0.05) is 10.6 Å². The Hall–Kier alpha value is -0.670. The third kappa shape index (κ3) is 3.39. The van der Waals surface area contributed by atoms with Gasteiger partial charge >= 0.3 is 0 Å². The average Bonchev–Trinajstić information content (AvgIpc) is 2.67. The zero-order valence-corrected chi connectivity index (χ0v) is 11.5. The minimum atomic E-state index is 0. The molecule has 0 atom stereocenters. The number of hydrogen-bond acceptors (Lipinski definition) is 2. The van der Waals surface area contributed by atoms with Crippen LogP contribution >= 0.6 is 35.6 Å². The Balaban J connectivity index is 0.00000144. The fraction of sp³-hybridized carbons (Fsp3) is 0.167. The molecule has 0 saturated carbocycles. The highest BCUT2D eigenvalue weighted by molar-refractivity contribution is 6.36. The highest BCUT2D eigenvalue weighted by Crippen LogP contribution is 2.31. The maximum atomic E-state index is 6.09. The summed E-state index contributed by atoms with van der Waals surface area (Å²) >= 11 is 11.9. The van der Waals surface area contributed by atoms with Gasteiger partial charge in [-0.3, -0.25) is 0 Å². The Morgan fingerprint density at radius 3 is 2.59 bits per heavy atom. The molecule has 2 aromatic rings. The highest BCUT2D eigenvalue weighted by atomic mass is 35.5. The Morgan fingerprint density at radius 1 is 1.18 bits per heavy atom. The maximum Gasteiger partial charge on any atom is 0.135 e. The average molecular weight is 293 g/mol. The molecule has 5 heteroatoms. The molecular weight excluding hydrogens is 280 g/mol. The zero-order chi connectivity index (χ0) is 11.5. The summed E-state index contributed by atoms with van der Waals surface area (Å²) in [5, 5.41) is 4.24. The lowest BCUT2D eigenvalue weighted by atomic mass is 10.2. The van der Waals surface area contributed by atoms with E-state index in [0.717, 1.165) is 17.1 Å². The summed E-state index contributed by atoms with van der Waals surface area (Å²) in [5.41, 5.74) is 0.855. The van der Waals surface area contributed by atoms with Gasteiger partial charge in [0.1, 0.15) is 11.5 Å². The molecule has 2 rings (SSSR count). The lowest BCUT2D eigenvalue weighted by Gasteiger charge is -2.01. The van der Waals surface area contributed by atoms with Crippen LogP contribution in [0.5, 0.6) is 0 Å². The van der Waals surface area contributed by atoms with E-state index < -0.39 is 0 Å². The zero-order valence-electron chi connectivity index (χ0n) is 9.17. The summed E-state index contributed by atoms with van der Waals surface area (Å²) in [4.78, 5) is 0. The lowest BCUT2D eigenvalue weighted by Crippen LogP contribution is -2.03. The topological polar surface area (TPSA) is 25.2 Å². The van der Waals surface area contributed by atoms with Crippen LogP contribution in [0.4, 0.5) is 0 Å². The molecule has 0 aliphatic heterocycles. The molecule has 0 amide bonds. The van der Waals surface area contributed by atoms with Crippen molar-refractivity contribution in [2.24, 2.45) is 0 Å². The molecule has 1 aromatic carbocycles. The van der Waals surface area contributed by atoms with Gasteiger partial charge in [0.2, 0.25) is 0 Å². The predicted octanol–water partition coefficient (Wildman–Crippen LogP) is 4.39. The summed E-state index contributed by atoms with van der Waals surface area (Å²) in [6, 6.07) is 9.19. The van der Waals surface area contributed by atoms with Crippen molar-refractivity contribution >= 4 is 35.6 Å². The monoisotopic (exact) mass is 291 g/mol. The van der Waals surface area contributed by atoms with Crippen molar-refractivity contribution in [3.8, 4) is 11.3 Å². The molecule has 0 aliphatic carbocycles. The van der Waals surface area contributed by atoms with Crippen molar-refractivity contribution < 1.29 is 4.42 Å². The van der Waals surface area contributed by atoms with Crippen molar-refractivity contribution in [2.45, 2.75) is 6.54 Å². The molecule has 0 saturated heterocycles. The van der Waals surface area contributed by atoms with Crippen molar-refractivity contribution in [3.05, 3.63) is 46.1 Å². The molecule has 0 unspecified atom stereocenters. The van der Waals surface area contributed by atoms with E-state index in [2.05, 4.69) is 5.32 Å². The number of benzene rings is 1. The molecule has 1 aromatic heterocycles. The molecule has 1 heterocycles. The lowest BCUT2D eigenvalue weighted by molar-refractivity contribution is 0.507. The molecule has 0 bridgehead atoms. The molecule has 92 valence electrons. The van der Waals surface area contributed by atoms with Crippen LogP contribution in [0.1, 0.15) is 5.76 Å². The first-order chi connectivity index (χ1) is 7.70. The van der Waals surface area contributed by atoms with E-state index >= 15 is 0 Å². The summed E-state index contributed by atoms with van der Waals surface area (Å²) in [7, 11) is 1.87. The molecule has 2 nitrogen and oxygen atoms in total. The molecular formula is C12H12Cl3NO. The molecule has 0 fully saturated rings. The third-order valence-corrected chi connectivity index (χ3v) is 2.76. The second-order valence-electron chi connectivity index (χ2n) is 3.42. The van der Waals surface area contributed by atoms with E-state index in [4.69, 9.17) is 27.6 Å². The molecule has 17 heavy (non-hydrogen) atoms. The van der Waals surface area contributed by atoms with Crippen LogP contribution in [-0.2, 0) is 6.54 Å². The maximum absolute atomic E-state index is 6.09. The van der Waals surface area contributed by atoms with Crippen LogP contribution < -0.4 is 5.32 Å². The minimum Gasteiger partial charge on any atom is -0.460 e. The SMILES string of the molecule is CNCc1ccc(-c2ccc(Cl)cc2Cl)o1.Cl. The first-order valence-corrected chi connectivity index (χ1v) is 5.65. The standard InChI is InChI=1S/C12H11Cl2NO.ClH/c1-15-7-9-3-5-12(16-9)10-4-2-8(13)6-11(10)14;/h2-6,15H,7H2,1H3;1H. The van der Waals surface area contributed by atoms with E-state index in [0.29, 0.717) is 16.6 Å². The van der Waals surface area contributed by atoms with Gasteiger partial charge in [0.05, 0.1) is 11.6 Å². The fourth-order valence-corrected chi connectivity index (χ4v) is 1.98. The highest BCUT2D eigenvalue weighted by Gasteiger charge is 2.08. The first-order valence-electron chi connectivity index (χ1n) is 4.89. The van der Waals surface area contributed by atoms with Gasteiger partial charge < -0.3 is 9.73 Å². The smallest absolute Gasteiger partial charge is 0.135 e. The summed E-state index contributed by atoms with van der Waals surface area (Å²) < 4.78 is 5.64. The van der Waals surface area contributed by atoms with E-state index in [1.807, 2.05) is 25.2 Å². The van der Waals surface area contributed by atoms with E-state index in [1.165, 1.54) is 0 Å². The predicted molar refractivity (Wildman–Crippen MR) is 74.2 cm³/mol. The van der Waals surface area contributed by atoms with Crippen LogP contribution in [0, 0.1) is 0 Å². The van der Waals surface area contributed by atoms with Gasteiger partial charge in [-0.25, -0.2) is 0 Å². The van der Waals surface area contributed by atoms with Gasteiger partial charge in [-0.15, -0.1) is 12.4 Å². The van der Waals surface area contributed by atoms with Crippen LogP contribution in [0.3, 0.4) is 0 Å². The summed E-state index contributed by atoms with van der Waals surface area (Å²) in [6.07, 6.45) is 0. The quantitative estimate of drug-likeness (QED) is 0.907. The second-order valence-corrected chi connectivity index (χ2v) is 4.26. The van der Waals surface area contributed by atoms with Crippen LogP contribution in [0.15, 0.2) is 34.7 Å². The second kappa shape index (κ2) is 6.31. The van der Waals surface area contributed by atoms with E-state index in [-0.39, 0.29) is 12.4 Å². The number of halogens is 3. The number of rotatable bonds is 3. The fourth-order valence-electron chi connectivity index (χ4n) is 1.48. The number of hydrogen-bond donors (Lipinski definition) is 1. The Bertz CT molecular complexity index is 496. The normalized spacial score (nSPS) is 10.1. The Morgan fingerprint density at radius 2 is 1.94 bits per heavy atom. The van der Waals surface area contributed by atoms with Gasteiger partial charge in [0.25, 0.3) is 0 Å². The van der Waals surface area contributed by atoms with Crippen molar-refractivity contribution in [1.29, 1.82) is 0 Å². The van der Waals surface area contributed by atoms with E-state index in [1.54, 1.807) is 12.1 Å². The van der Waals surface area contributed by atoms with Crippen LogP contribution in [-0.4, -0.2) is 7.05 Å². The van der Waals surface area contributed by atoms with Crippen molar-refractivity contribution in [2.75, 3.05) is 7.05 Å². The minimum absolute atomic E-state index is 0. The first kappa shape index (κ1) is 14.4. The molecule has 1 N–H and O–H groups in total. The Labute approximate surface area is 116 Å². The van der Waals surface area contributed by atoms with Crippen molar-refractivity contribution in [1.82, 2.24) is 5.32 Å².